The number of aromatic nitrogens is 1. The lowest BCUT2D eigenvalue weighted by Gasteiger charge is -2.26. The molecule has 0 spiro atoms. The predicted molar refractivity (Wildman–Crippen MR) is 83.5 cm³/mol. The van der Waals surface area contributed by atoms with E-state index in [1.807, 2.05) is 32.6 Å². The lowest BCUT2D eigenvalue weighted by Crippen LogP contribution is -2.38. The number of oxazole rings is 1. The van der Waals surface area contributed by atoms with Crippen LogP contribution in [0.25, 0.3) is 0 Å². The van der Waals surface area contributed by atoms with Gasteiger partial charge in [-0.3, -0.25) is 0 Å². The molecule has 0 bridgehead atoms. The van der Waals surface area contributed by atoms with E-state index in [0.717, 1.165) is 38.1 Å². The predicted octanol–water partition coefficient (Wildman–Crippen LogP) is 2.86. The summed E-state index contributed by atoms with van der Waals surface area (Å²) >= 11 is 0. The van der Waals surface area contributed by atoms with Gasteiger partial charge in [-0.2, -0.15) is 0 Å². The van der Waals surface area contributed by atoms with Crippen LogP contribution < -0.4 is 5.32 Å². The van der Waals surface area contributed by atoms with Gasteiger partial charge in [0, 0.05) is 19.1 Å². The van der Waals surface area contributed by atoms with Crippen molar-refractivity contribution in [1.29, 1.82) is 0 Å². The fourth-order valence-corrected chi connectivity index (χ4v) is 2.52. The van der Waals surface area contributed by atoms with E-state index in [2.05, 4.69) is 10.3 Å². The molecule has 1 fully saturated rings. The van der Waals surface area contributed by atoms with Crippen molar-refractivity contribution < 1.29 is 13.9 Å². The van der Waals surface area contributed by atoms with Crippen molar-refractivity contribution in [3.05, 3.63) is 17.8 Å². The number of hydrogen-bond donors (Lipinski definition) is 1. The SMILES string of the molecule is Cc1cnc(CNC2CCCN(C(=O)OC(C)(C)C)CC2)o1. The van der Waals surface area contributed by atoms with Crippen LogP contribution in [-0.2, 0) is 11.3 Å². The number of ether oxygens (including phenoxy) is 1. The summed E-state index contributed by atoms with van der Waals surface area (Å²) in [4.78, 5) is 18.1. The first kappa shape index (κ1) is 16.8. The Hall–Kier alpha value is -1.56. The van der Waals surface area contributed by atoms with E-state index in [1.54, 1.807) is 6.20 Å². The number of rotatable bonds is 3. The van der Waals surface area contributed by atoms with Gasteiger partial charge in [0.15, 0.2) is 0 Å². The van der Waals surface area contributed by atoms with Crippen LogP contribution in [0.1, 0.15) is 51.7 Å². The number of likely N-dealkylation sites (tertiary alicyclic amines) is 1. The van der Waals surface area contributed by atoms with Gasteiger partial charge in [0.05, 0.1) is 12.7 Å². The molecule has 1 N–H and O–H groups in total. The zero-order chi connectivity index (χ0) is 16.2. The first-order valence-corrected chi connectivity index (χ1v) is 7.96. The Labute approximate surface area is 132 Å². The fraction of sp³-hybridized carbons (Fsp3) is 0.750. The number of nitrogens with zero attached hydrogens (tertiary/aromatic N) is 2. The van der Waals surface area contributed by atoms with Crippen LogP contribution in [0.15, 0.2) is 10.6 Å². The van der Waals surface area contributed by atoms with Crippen molar-refractivity contribution in [2.45, 2.75) is 65.1 Å². The molecule has 0 aromatic carbocycles. The van der Waals surface area contributed by atoms with Gasteiger partial charge in [0.1, 0.15) is 11.4 Å². The highest BCUT2D eigenvalue weighted by molar-refractivity contribution is 5.68. The normalized spacial score (nSPS) is 19.8. The summed E-state index contributed by atoms with van der Waals surface area (Å²) in [6, 6.07) is 0.375. The second kappa shape index (κ2) is 7.13. The molecule has 6 nitrogen and oxygen atoms in total. The zero-order valence-electron chi connectivity index (χ0n) is 14.0. The number of aryl methyl sites for hydroxylation is 1. The van der Waals surface area contributed by atoms with E-state index >= 15 is 0 Å². The van der Waals surface area contributed by atoms with Gasteiger partial charge in [-0.15, -0.1) is 0 Å². The maximum absolute atomic E-state index is 12.1. The van der Waals surface area contributed by atoms with Gasteiger partial charge in [0.2, 0.25) is 5.89 Å². The minimum absolute atomic E-state index is 0.212. The molecule has 1 aliphatic heterocycles. The molecule has 1 atom stereocenters. The number of hydrogen-bond acceptors (Lipinski definition) is 5. The Morgan fingerprint density at radius 1 is 1.45 bits per heavy atom. The first-order valence-electron chi connectivity index (χ1n) is 7.96. The molecule has 1 saturated heterocycles. The number of carbonyl (C=O) groups is 1. The van der Waals surface area contributed by atoms with Crippen LogP contribution in [0, 0.1) is 6.92 Å². The Morgan fingerprint density at radius 2 is 2.23 bits per heavy atom. The molecule has 124 valence electrons. The third-order valence-electron chi connectivity index (χ3n) is 3.59. The highest BCUT2D eigenvalue weighted by Gasteiger charge is 2.25. The monoisotopic (exact) mass is 309 g/mol. The van der Waals surface area contributed by atoms with Crippen LogP contribution in [0.3, 0.4) is 0 Å². The topological polar surface area (TPSA) is 67.6 Å². The van der Waals surface area contributed by atoms with E-state index in [4.69, 9.17) is 9.15 Å². The van der Waals surface area contributed by atoms with E-state index in [-0.39, 0.29) is 6.09 Å². The summed E-state index contributed by atoms with van der Waals surface area (Å²) < 4.78 is 10.9. The highest BCUT2D eigenvalue weighted by atomic mass is 16.6. The maximum atomic E-state index is 12.1. The minimum Gasteiger partial charge on any atom is -0.445 e. The maximum Gasteiger partial charge on any atom is 0.410 e. The molecule has 0 aliphatic carbocycles. The third-order valence-corrected chi connectivity index (χ3v) is 3.59. The Balaban J connectivity index is 1.78. The molecule has 1 unspecified atom stereocenters. The largest absolute Gasteiger partial charge is 0.445 e. The molecule has 2 rings (SSSR count). The standard InChI is InChI=1S/C16H27N3O3/c1-12-10-18-14(21-12)11-17-13-6-5-8-19(9-7-13)15(20)22-16(2,3)4/h10,13,17H,5-9,11H2,1-4H3. The van der Waals surface area contributed by atoms with Gasteiger partial charge in [-0.05, 0) is 47.0 Å². The van der Waals surface area contributed by atoms with Gasteiger partial charge in [-0.1, -0.05) is 0 Å². The molecule has 0 radical (unpaired) electrons. The molecule has 1 aromatic rings. The zero-order valence-corrected chi connectivity index (χ0v) is 14.0. The van der Waals surface area contributed by atoms with Gasteiger partial charge < -0.3 is 19.4 Å². The average Bonchev–Trinajstić information content (AvgIpc) is 2.69. The molecule has 0 saturated carbocycles. The molecule has 22 heavy (non-hydrogen) atoms. The van der Waals surface area contributed by atoms with Crippen molar-refractivity contribution in [2.24, 2.45) is 0 Å². The van der Waals surface area contributed by atoms with Crippen LogP contribution in [0.4, 0.5) is 4.79 Å². The number of nitrogens with one attached hydrogen (secondary N) is 1. The Kier molecular flexibility index (Phi) is 5.45. The Bertz CT molecular complexity index is 493. The molecular weight excluding hydrogens is 282 g/mol. The number of amides is 1. The first-order chi connectivity index (χ1) is 10.3. The lowest BCUT2D eigenvalue weighted by molar-refractivity contribution is 0.0256. The van der Waals surface area contributed by atoms with E-state index in [0.29, 0.717) is 18.5 Å². The van der Waals surface area contributed by atoms with Crippen molar-refractivity contribution in [1.82, 2.24) is 15.2 Å². The second-order valence-electron chi connectivity index (χ2n) is 6.84. The number of carbonyl (C=O) groups excluding carboxylic acids is 1. The summed E-state index contributed by atoms with van der Waals surface area (Å²) in [5, 5.41) is 3.46. The molecular formula is C16H27N3O3. The Morgan fingerprint density at radius 3 is 2.86 bits per heavy atom. The summed E-state index contributed by atoms with van der Waals surface area (Å²) in [5.74, 6) is 1.54. The van der Waals surface area contributed by atoms with E-state index in [1.165, 1.54) is 0 Å². The second-order valence-corrected chi connectivity index (χ2v) is 6.84. The smallest absolute Gasteiger partial charge is 0.410 e. The third kappa shape index (κ3) is 5.33. The summed E-state index contributed by atoms with van der Waals surface area (Å²) in [6.45, 7) is 9.68. The van der Waals surface area contributed by atoms with E-state index in [9.17, 15) is 4.79 Å². The van der Waals surface area contributed by atoms with Gasteiger partial charge in [-0.25, -0.2) is 9.78 Å². The minimum atomic E-state index is -0.441. The molecule has 2 heterocycles. The van der Waals surface area contributed by atoms with Crippen LogP contribution >= 0.6 is 0 Å². The molecule has 1 aromatic heterocycles. The van der Waals surface area contributed by atoms with Crippen LogP contribution in [-0.4, -0.2) is 40.7 Å². The lowest BCUT2D eigenvalue weighted by atomic mass is 10.1. The molecule has 6 heteroatoms. The van der Waals surface area contributed by atoms with Crippen molar-refractivity contribution in [3.8, 4) is 0 Å². The quantitative estimate of drug-likeness (QED) is 0.930. The molecule has 1 aliphatic rings. The van der Waals surface area contributed by atoms with Crippen LogP contribution in [0.2, 0.25) is 0 Å². The van der Waals surface area contributed by atoms with E-state index < -0.39 is 5.60 Å². The van der Waals surface area contributed by atoms with Crippen molar-refractivity contribution in [3.63, 3.8) is 0 Å². The van der Waals surface area contributed by atoms with Gasteiger partial charge >= 0.3 is 6.09 Å². The summed E-state index contributed by atoms with van der Waals surface area (Å²) in [6.07, 6.45) is 4.45. The fourth-order valence-electron chi connectivity index (χ4n) is 2.52. The van der Waals surface area contributed by atoms with Crippen LogP contribution in [0.5, 0.6) is 0 Å². The van der Waals surface area contributed by atoms with Crippen molar-refractivity contribution >= 4 is 6.09 Å². The molecule has 1 amide bonds. The summed E-state index contributed by atoms with van der Waals surface area (Å²) in [7, 11) is 0. The average molecular weight is 309 g/mol. The van der Waals surface area contributed by atoms with Gasteiger partial charge in [0.25, 0.3) is 0 Å². The summed E-state index contributed by atoms with van der Waals surface area (Å²) in [5.41, 5.74) is -0.441. The highest BCUT2D eigenvalue weighted by Crippen LogP contribution is 2.16. The van der Waals surface area contributed by atoms with Crippen molar-refractivity contribution in [2.75, 3.05) is 13.1 Å².